The van der Waals surface area contributed by atoms with E-state index in [0.717, 1.165) is 22.6 Å². The highest BCUT2D eigenvalue weighted by atomic mass is 16.5. The average molecular weight is 428 g/mol. The van der Waals surface area contributed by atoms with Crippen LogP contribution in [0.4, 0.5) is 17.1 Å². The molecule has 0 atom stereocenters. The van der Waals surface area contributed by atoms with E-state index in [1.807, 2.05) is 72.8 Å². The SMILES string of the molecule is CC1=CC(=C(C#N)C#N)C=C(/C=C/c2ccc(N(c3ccccc3)c3ccccc3)cc2)O1. The molecule has 0 saturated heterocycles. The quantitative estimate of drug-likeness (QED) is 0.400. The zero-order chi connectivity index (χ0) is 23.0. The first kappa shape index (κ1) is 21.4. The summed E-state index contributed by atoms with van der Waals surface area (Å²) in [6, 6.07) is 32.6. The Morgan fingerprint density at radius 2 is 1.27 bits per heavy atom. The Labute approximate surface area is 193 Å². The van der Waals surface area contributed by atoms with Gasteiger partial charge in [-0.15, -0.1) is 0 Å². The van der Waals surface area contributed by atoms with Gasteiger partial charge in [0, 0.05) is 22.6 Å². The first-order valence-corrected chi connectivity index (χ1v) is 10.5. The molecule has 0 radical (unpaired) electrons. The van der Waals surface area contributed by atoms with Crippen LogP contribution < -0.4 is 4.90 Å². The third-order valence-corrected chi connectivity index (χ3v) is 5.07. The predicted molar refractivity (Wildman–Crippen MR) is 131 cm³/mol. The molecule has 0 spiro atoms. The molecule has 4 rings (SSSR count). The number of hydrogen-bond acceptors (Lipinski definition) is 4. The Balaban J connectivity index is 1.61. The standard InChI is InChI=1S/C29H21N3O/c1-22-18-24(25(20-30)21-31)19-29(33-22)17-14-23-12-15-28(16-13-23)32(26-8-4-2-5-9-26)27-10-6-3-7-11-27/h2-19H,1H3/b17-14+. The van der Waals surface area contributed by atoms with Crippen LogP contribution in [0.2, 0.25) is 0 Å². The van der Waals surface area contributed by atoms with Crippen molar-refractivity contribution < 1.29 is 4.74 Å². The van der Waals surface area contributed by atoms with E-state index < -0.39 is 0 Å². The van der Waals surface area contributed by atoms with Crippen LogP contribution in [0.25, 0.3) is 6.08 Å². The summed E-state index contributed by atoms with van der Waals surface area (Å²) in [4.78, 5) is 2.21. The molecular formula is C29H21N3O. The molecule has 0 N–H and O–H groups in total. The molecule has 0 unspecified atom stereocenters. The summed E-state index contributed by atoms with van der Waals surface area (Å²) < 4.78 is 5.73. The Kier molecular flexibility index (Phi) is 6.50. The van der Waals surface area contributed by atoms with Crippen molar-refractivity contribution in [2.45, 2.75) is 6.92 Å². The maximum absolute atomic E-state index is 9.14. The van der Waals surface area contributed by atoms with Crippen molar-refractivity contribution in [2.24, 2.45) is 0 Å². The second kappa shape index (κ2) is 10.0. The molecule has 0 bridgehead atoms. The van der Waals surface area contributed by atoms with E-state index >= 15 is 0 Å². The largest absolute Gasteiger partial charge is 0.462 e. The Hall–Kier alpha value is -4.80. The van der Waals surface area contributed by atoms with Crippen molar-refractivity contribution in [3.05, 3.63) is 131 Å². The lowest BCUT2D eigenvalue weighted by atomic mass is 10.1. The van der Waals surface area contributed by atoms with E-state index in [2.05, 4.69) is 41.3 Å². The third kappa shape index (κ3) is 5.10. The van der Waals surface area contributed by atoms with Gasteiger partial charge in [0.15, 0.2) is 0 Å². The maximum Gasteiger partial charge on any atom is 0.137 e. The van der Waals surface area contributed by atoms with E-state index in [0.29, 0.717) is 17.1 Å². The molecule has 158 valence electrons. The monoisotopic (exact) mass is 427 g/mol. The van der Waals surface area contributed by atoms with Gasteiger partial charge in [0.1, 0.15) is 29.2 Å². The summed E-state index contributed by atoms with van der Waals surface area (Å²) in [7, 11) is 0. The summed E-state index contributed by atoms with van der Waals surface area (Å²) in [6.07, 6.45) is 7.17. The molecule has 0 saturated carbocycles. The van der Waals surface area contributed by atoms with Crippen LogP contribution in [-0.4, -0.2) is 0 Å². The lowest BCUT2D eigenvalue weighted by Crippen LogP contribution is -2.09. The van der Waals surface area contributed by atoms with Gasteiger partial charge in [-0.25, -0.2) is 0 Å². The zero-order valence-electron chi connectivity index (χ0n) is 18.1. The highest BCUT2D eigenvalue weighted by Gasteiger charge is 2.12. The number of rotatable bonds is 5. The van der Waals surface area contributed by atoms with Crippen molar-refractivity contribution in [3.63, 3.8) is 0 Å². The molecule has 0 aromatic heterocycles. The molecule has 4 nitrogen and oxygen atoms in total. The normalized spacial score (nSPS) is 12.8. The van der Waals surface area contributed by atoms with E-state index in [4.69, 9.17) is 15.3 Å². The number of anilines is 3. The van der Waals surface area contributed by atoms with Gasteiger partial charge in [0.25, 0.3) is 0 Å². The Morgan fingerprint density at radius 1 is 0.727 bits per heavy atom. The van der Waals surface area contributed by atoms with Gasteiger partial charge in [0.2, 0.25) is 0 Å². The Bertz CT molecular complexity index is 1280. The van der Waals surface area contributed by atoms with Crippen LogP contribution in [-0.2, 0) is 4.74 Å². The molecule has 0 amide bonds. The summed E-state index contributed by atoms with van der Waals surface area (Å²) >= 11 is 0. The molecular weight excluding hydrogens is 406 g/mol. The fourth-order valence-electron chi connectivity index (χ4n) is 3.55. The first-order valence-electron chi connectivity index (χ1n) is 10.5. The molecule has 3 aromatic carbocycles. The number of benzene rings is 3. The van der Waals surface area contributed by atoms with Crippen LogP contribution in [0.5, 0.6) is 0 Å². The van der Waals surface area contributed by atoms with Crippen LogP contribution in [0, 0.1) is 22.7 Å². The van der Waals surface area contributed by atoms with Crippen molar-refractivity contribution in [2.75, 3.05) is 4.90 Å². The Morgan fingerprint density at radius 3 is 1.82 bits per heavy atom. The van der Waals surface area contributed by atoms with Gasteiger partial charge in [-0.2, -0.15) is 10.5 Å². The molecule has 0 fully saturated rings. The van der Waals surface area contributed by atoms with Gasteiger partial charge >= 0.3 is 0 Å². The second-order valence-corrected chi connectivity index (χ2v) is 7.39. The van der Waals surface area contributed by atoms with E-state index in [1.54, 1.807) is 19.1 Å². The predicted octanol–water partition coefficient (Wildman–Crippen LogP) is 7.33. The first-order chi connectivity index (χ1) is 16.2. The number of nitrogens with zero attached hydrogens (tertiary/aromatic N) is 3. The van der Waals surface area contributed by atoms with E-state index in [-0.39, 0.29) is 5.57 Å². The second-order valence-electron chi connectivity index (χ2n) is 7.39. The van der Waals surface area contributed by atoms with Gasteiger partial charge in [-0.1, -0.05) is 54.6 Å². The number of hydrogen-bond donors (Lipinski definition) is 0. The lowest BCUT2D eigenvalue weighted by Gasteiger charge is -2.25. The van der Waals surface area contributed by atoms with Gasteiger partial charge in [0.05, 0.1) is 0 Å². The van der Waals surface area contributed by atoms with Crippen molar-refractivity contribution in [1.29, 1.82) is 10.5 Å². The number of nitriles is 2. The molecule has 1 aliphatic heterocycles. The van der Waals surface area contributed by atoms with Crippen molar-refractivity contribution in [1.82, 2.24) is 0 Å². The fourth-order valence-corrected chi connectivity index (χ4v) is 3.55. The summed E-state index contributed by atoms with van der Waals surface area (Å²) in [5, 5.41) is 18.3. The minimum atomic E-state index is 0.0646. The van der Waals surface area contributed by atoms with Crippen molar-refractivity contribution >= 4 is 23.1 Å². The minimum absolute atomic E-state index is 0.0646. The molecule has 4 heteroatoms. The smallest absolute Gasteiger partial charge is 0.137 e. The number of allylic oxidation sites excluding steroid dienone is 6. The topological polar surface area (TPSA) is 60.0 Å². The maximum atomic E-state index is 9.14. The van der Waals surface area contributed by atoms with Gasteiger partial charge in [-0.05, 0) is 67.1 Å². The van der Waals surface area contributed by atoms with Gasteiger partial charge < -0.3 is 9.64 Å². The molecule has 0 aliphatic carbocycles. The van der Waals surface area contributed by atoms with E-state index in [9.17, 15) is 0 Å². The number of ether oxygens (including phenoxy) is 1. The zero-order valence-corrected chi connectivity index (χ0v) is 18.1. The van der Waals surface area contributed by atoms with Crippen LogP contribution >= 0.6 is 0 Å². The van der Waals surface area contributed by atoms with Crippen LogP contribution in [0.15, 0.2) is 126 Å². The summed E-state index contributed by atoms with van der Waals surface area (Å²) in [5.74, 6) is 1.21. The lowest BCUT2D eigenvalue weighted by molar-refractivity contribution is 0.318. The molecule has 33 heavy (non-hydrogen) atoms. The van der Waals surface area contributed by atoms with Crippen molar-refractivity contribution in [3.8, 4) is 12.1 Å². The van der Waals surface area contributed by atoms with Gasteiger partial charge in [-0.3, -0.25) is 0 Å². The molecule has 3 aromatic rings. The third-order valence-electron chi connectivity index (χ3n) is 5.07. The molecule has 1 aliphatic rings. The average Bonchev–Trinajstić information content (AvgIpc) is 2.86. The van der Waals surface area contributed by atoms with Crippen LogP contribution in [0.3, 0.4) is 0 Å². The summed E-state index contributed by atoms with van der Waals surface area (Å²) in [6.45, 7) is 1.80. The highest BCUT2D eigenvalue weighted by molar-refractivity contribution is 5.77. The van der Waals surface area contributed by atoms with E-state index in [1.165, 1.54) is 0 Å². The van der Waals surface area contributed by atoms with Crippen LogP contribution in [0.1, 0.15) is 12.5 Å². The number of para-hydroxylation sites is 2. The highest BCUT2D eigenvalue weighted by Crippen LogP contribution is 2.34. The fraction of sp³-hybridized carbons (Fsp3) is 0.0345. The minimum Gasteiger partial charge on any atom is -0.462 e. The summed E-state index contributed by atoms with van der Waals surface area (Å²) in [5.41, 5.74) is 4.84. The molecule has 1 heterocycles.